The van der Waals surface area contributed by atoms with Gasteiger partial charge in [0, 0.05) is 30.9 Å². The minimum absolute atomic E-state index is 0.114. The molecule has 0 bridgehead atoms. The molecule has 168 valence electrons. The topological polar surface area (TPSA) is 75.4 Å². The summed E-state index contributed by atoms with van der Waals surface area (Å²) in [6, 6.07) is 15.8. The molecule has 33 heavy (non-hydrogen) atoms. The van der Waals surface area contributed by atoms with Crippen molar-refractivity contribution in [3.63, 3.8) is 0 Å². The van der Waals surface area contributed by atoms with Crippen molar-refractivity contribution < 1.29 is 13.7 Å². The monoisotopic (exact) mass is 445 g/mol. The average molecular weight is 445 g/mol. The zero-order valence-corrected chi connectivity index (χ0v) is 18.3. The molecule has 1 aliphatic heterocycles. The lowest BCUT2D eigenvalue weighted by atomic mass is 9.95. The summed E-state index contributed by atoms with van der Waals surface area (Å²) < 4.78 is 18.9. The molecule has 1 atom stereocenters. The van der Waals surface area contributed by atoms with Gasteiger partial charge >= 0.3 is 0 Å². The van der Waals surface area contributed by atoms with Crippen LogP contribution in [0.1, 0.15) is 19.8 Å². The second-order valence-electron chi connectivity index (χ2n) is 8.12. The van der Waals surface area contributed by atoms with E-state index in [2.05, 4.69) is 20.0 Å². The molecule has 1 saturated heterocycles. The first-order chi connectivity index (χ1) is 16.2. The summed E-state index contributed by atoms with van der Waals surface area (Å²) in [5.74, 6) is 0.320. The van der Waals surface area contributed by atoms with Crippen molar-refractivity contribution in [2.24, 2.45) is 5.92 Å². The largest absolute Gasteiger partial charge is 0.355 e. The summed E-state index contributed by atoms with van der Waals surface area (Å²) in [5, 5.41) is 4.86. The van der Waals surface area contributed by atoms with E-state index in [-0.39, 0.29) is 17.6 Å². The molecular weight excluding hydrogens is 421 g/mol. The highest BCUT2D eigenvalue weighted by Gasteiger charge is 2.31. The van der Waals surface area contributed by atoms with Gasteiger partial charge in [-0.15, -0.1) is 0 Å². The number of amides is 1. The highest BCUT2D eigenvalue weighted by Crippen LogP contribution is 2.35. The molecule has 4 aromatic rings. The van der Waals surface area contributed by atoms with Crippen molar-refractivity contribution in [1.82, 2.24) is 15.1 Å². The number of benzene rings is 2. The maximum atomic E-state index is 13.4. The Morgan fingerprint density at radius 3 is 2.70 bits per heavy atom. The molecule has 7 nitrogen and oxygen atoms in total. The molecule has 0 saturated carbocycles. The van der Waals surface area contributed by atoms with E-state index in [1.54, 1.807) is 12.1 Å². The van der Waals surface area contributed by atoms with E-state index in [4.69, 9.17) is 4.52 Å². The van der Waals surface area contributed by atoms with E-state index in [9.17, 15) is 9.18 Å². The van der Waals surface area contributed by atoms with Gasteiger partial charge in [-0.2, -0.15) is 4.98 Å². The standard InChI is InChI=1S/C25H24FN5O2/c1-2-31(20-8-4-3-5-9-20)25(32)18-7-6-14-30(15-18)23-21-22(17-10-12-19(26)13-11-17)29-33-24(21)28-16-27-23/h3-5,8-13,16,18H,2,6-7,14-15H2,1H3/t18-/m1/s1. The molecule has 5 rings (SSSR count). The number of carbonyl (C=O) groups is 1. The van der Waals surface area contributed by atoms with Crippen LogP contribution in [-0.4, -0.2) is 40.7 Å². The van der Waals surface area contributed by atoms with Crippen molar-refractivity contribution in [3.8, 4) is 11.3 Å². The number of para-hydroxylation sites is 1. The summed E-state index contributed by atoms with van der Waals surface area (Å²) >= 11 is 0. The number of rotatable bonds is 5. The third-order valence-electron chi connectivity index (χ3n) is 6.09. The second kappa shape index (κ2) is 8.97. The lowest BCUT2D eigenvalue weighted by Crippen LogP contribution is -2.45. The third-order valence-corrected chi connectivity index (χ3v) is 6.09. The van der Waals surface area contributed by atoms with Crippen LogP contribution in [0.15, 0.2) is 65.4 Å². The predicted octanol–water partition coefficient (Wildman–Crippen LogP) is 4.69. The first-order valence-electron chi connectivity index (χ1n) is 11.1. The molecule has 0 radical (unpaired) electrons. The molecule has 3 heterocycles. The third kappa shape index (κ3) is 4.04. The Balaban J connectivity index is 1.46. The van der Waals surface area contributed by atoms with Crippen molar-refractivity contribution in [3.05, 3.63) is 66.7 Å². The van der Waals surface area contributed by atoms with Crippen molar-refractivity contribution >= 4 is 28.5 Å². The Morgan fingerprint density at radius 2 is 1.94 bits per heavy atom. The van der Waals surface area contributed by atoms with E-state index in [0.29, 0.717) is 35.7 Å². The summed E-state index contributed by atoms with van der Waals surface area (Å²) in [7, 11) is 0. The summed E-state index contributed by atoms with van der Waals surface area (Å²) in [6.45, 7) is 3.91. The number of anilines is 2. The van der Waals surface area contributed by atoms with E-state index in [1.165, 1.54) is 18.5 Å². The molecule has 0 spiro atoms. The summed E-state index contributed by atoms with van der Waals surface area (Å²) in [4.78, 5) is 26.2. The molecule has 0 N–H and O–H groups in total. The van der Waals surface area contributed by atoms with Gasteiger partial charge in [0.05, 0.1) is 5.92 Å². The summed E-state index contributed by atoms with van der Waals surface area (Å²) in [5.41, 5.74) is 2.56. The molecule has 1 amide bonds. The fraction of sp³-hybridized carbons (Fsp3) is 0.280. The number of aromatic nitrogens is 3. The molecule has 0 unspecified atom stereocenters. The Bertz CT molecular complexity index is 1260. The van der Waals surface area contributed by atoms with Gasteiger partial charge in [0.25, 0.3) is 5.71 Å². The lowest BCUT2D eigenvalue weighted by molar-refractivity contribution is -0.122. The minimum atomic E-state index is -0.320. The fourth-order valence-corrected chi connectivity index (χ4v) is 4.48. The van der Waals surface area contributed by atoms with Crippen LogP contribution in [0.5, 0.6) is 0 Å². The van der Waals surface area contributed by atoms with Gasteiger partial charge < -0.3 is 14.3 Å². The number of fused-ring (bicyclic) bond motifs is 1. The number of halogens is 1. The van der Waals surface area contributed by atoms with E-state index >= 15 is 0 Å². The van der Waals surface area contributed by atoms with Gasteiger partial charge in [-0.25, -0.2) is 9.37 Å². The molecule has 1 aliphatic rings. The summed E-state index contributed by atoms with van der Waals surface area (Å²) in [6.07, 6.45) is 3.14. The van der Waals surface area contributed by atoms with Gasteiger partial charge in [-0.1, -0.05) is 23.4 Å². The maximum Gasteiger partial charge on any atom is 0.263 e. The Kier molecular flexibility index (Phi) is 5.73. The molecule has 8 heteroatoms. The lowest BCUT2D eigenvalue weighted by Gasteiger charge is -2.35. The van der Waals surface area contributed by atoms with E-state index in [0.717, 1.165) is 30.6 Å². The second-order valence-corrected chi connectivity index (χ2v) is 8.12. The first kappa shape index (κ1) is 21.1. The Morgan fingerprint density at radius 1 is 1.15 bits per heavy atom. The van der Waals surface area contributed by atoms with Gasteiger partial charge in [0.1, 0.15) is 29.0 Å². The van der Waals surface area contributed by atoms with Crippen molar-refractivity contribution in [2.75, 3.05) is 29.4 Å². The maximum absolute atomic E-state index is 13.4. The molecular formula is C25H24FN5O2. The van der Waals surface area contributed by atoms with E-state index in [1.807, 2.05) is 42.2 Å². The van der Waals surface area contributed by atoms with Gasteiger partial charge in [0.2, 0.25) is 5.91 Å². The van der Waals surface area contributed by atoms with Gasteiger partial charge in [-0.3, -0.25) is 4.79 Å². The van der Waals surface area contributed by atoms with Crippen molar-refractivity contribution in [2.45, 2.75) is 19.8 Å². The normalized spacial score (nSPS) is 16.2. The number of hydrogen-bond donors (Lipinski definition) is 0. The Hall–Kier alpha value is -3.81. The fourth-order valence-electron chi connectivity index (χ4n) is 4.48. The number of carbonyl (C=O) groups excluding carboxylic acids is 1. The van der Waals surface area contributed by atoms with E-state index < -0.39 is 0 Å². The van der Waals surface area contributed by atoms with Crippen LogP contribution in [0.25, 0.3) is 22.4 Å². The van der Waals surface area contributed by atoms with Crippen LogP contribution in [0.2, 0.25) is 0 Å². The number of nitrogens with zero attached hydrogens (tertiary/aromatic N) is 5. The van der Waals surface area contributed by atoms with Gasteiger partial charge in [-0.05, 0) is 56.2 Å². The van der Waals surface area contributed by atoms with Crippen LogP contribution in [0, 0.1) is 11.7 Å². The quantitative estimate of drug-likeness (QED) is 0.444. The zero-order valence-electron chi connectivity index (χ0n) is 18.3. The zero-order chi connectivity index (χ0) is 22.8. The van der Waals surface area contributed by atoms with Crippen LogP contribution >= 0.6 is 0 Å². The minimum Gasteiger partial charge on any atom is -0.355 e. The number of piperidine rings is 1. The van der Waals surface area contributed by atoms with Crippen LogP contribution in [0.3, 0.4) is 0 Å². The molecule has 2 aromatic heterocycles. The highest BCUT2D eigenvalue weighted by molar-refractivity contribution is 5.99. The SMILES string of the molecule is CCN(C(=O)[C@@H]1CCCN(c2ncnc3onc(-c4ccc(F)cc4)c23)C1)c1ccccc1. The van der Waals surface area contributed by atoms with Crippen LogP contribution < -0.4 is 9.80 Å². The molecule has 2 aromatic carbocycles. The predicted molar refractivity (Wildman–Crippen MR) is 124 cm³/mol. The first-order valence-corrected chi connectivity index (χ1v) is 11.1. The highest BCUT2D eigenvalue weighted by atomic mass is 19.1. The van der Waals surface area contributed by atoms with Crippen molar-refractivity contribution in [1.29, 1.82) is 0 Å². The van der Waals surface area contributed by atoms with Crippen LogP contribution in [-0.2, 0) is 4.79 Å². The van der Waals surface area contributed by atoms with Crippen LogP contribution in [0.4, 0.5) is 15.9 Å². The molecule has 0 aliphatic carbocycles. The van der Waals surface area contributed by atoms with Gasteiger partial charge in [0.15, 0.2) is 0 Å². The Labute approximate surface area is 190 Å². The average Bonchev–Trinajstić information content (AvgIpc) is 3.30. The smallest absolute Gasteiger partial charge is 0.263 e. The molecule has 1 fully saturated rings. The number of hydrogen-bond acceptors (Lipinski definition) is 6.